The number of halogens is 1. The average molecular weight is 233 g/mol. The number of nitriles is 1. The van der Waals surface area contributed by atoms with E-state index in [0.29, 0.717) is 17.5 Å². The first-order valence-electron chi connectivity index (χ1n) is 5.18. The van der Waals surface area contributed by atoms with Crippen molar-refractivity contribution in [2.45, 2.75) is 25.3 Å². The van der Waals surface area contributed by atoms with Crippen LogP contribution in [0.3, 0.4) is 0 Å². The fourth-order valence-corrected chi connectivity index (χ4v) is 2.04. The molecule has 0 unspecified atom stereocenters. The van der Waals surface area contributed by atoms with E-state index < -0.39 is 0 Å². The SMILES string of the molecule is N#CCn1c(C2CC2)nc2cc(Cl)cnc21. The molecule has 4 nitrogen and oxygen atoms in total. The highest BCUT2D eigenvalue weighted by Gasteiger charge is 2.29. The molecule has 1 aliphatic rings. The second-order valence-electron chi connectivity index (χ2n) is 3.98. The van der Waals surface area contributed by atoms with Gasteiger partial charge in [0, 0.05) is 12.1 Å². The summed E-state index contributed by atoms with van der Waals surface area (Å²) in [5.41, 5.74) is 1.54. The summed E-state index contributed by atoms with van der Waals surface area (Å²) in [5, 5.41) is 9.41. The van der Waals surface area contributed by atoms with Gasteiger partial charge < -0.3 is 0 Å². The molecule has 1 fully saturated rings. The second kappa shape index (κ2) is 3.46. The number of fused-ring (bicyclic) bond motifs is 1. The summed E-state index contributed by atoms with van der Waals surface area (Å²) in [6, 6.07) is 3.95. The largest absolute Gasteiger partial charge is 0.298 e. The van der Waals surface area contributed by atoms with Gasteiger partial charge in [-0.15, -0.1) is 0 Å². The monoisotopic (exact) mass is 232 g/mol. The topological polar surface area (TPSA) is 54.5 Å². The maximum Gasteiger partial charge on any atom is 0.161 e. The van der Waals surface area contributed by atoms with E-state index in [0.717, 1.165) is 29.8 Å². The lowest BCUT2D eigenvalue weighted by molar-refractivity contribution is 0.762. The number of nitrogens with zero attached hydrogens (tertiary/aromatic N) is 4. The Labute approximate surface area is 97.5 Å². The molecule has 2 heterocycles. The van der Waals surface area contributed by atoms with Crippen LogP contribution in [0.25, 0.3) is 11.2 Å². The predicted molar refractivity (Wildman–Crippen MR) is 60.1 cm³/mol. The summed E-state index contributed by atoms with van der Waals surface area (Å²) in [6.07, 6.45) is 3.90. The van der Waals surface area contributed by atoms with E-state index in [2.05, 4.69) is 16.0 Å². The molecule has 2 aromatic rings. The Balaban J connectivity index is 2.24. The van der Waals surface area contributed by atoms with Gasteiger partial charge in [0.2, 0.25) is 0 Å². The third-order valence-electron chi connectivity index (χ3n) is 2.75. The van der Waals surface area contributed by atoms with Crippen molar-refractivity contribution in [3.05, 3.63) is 23.1 Å². The number of hydrogen-bond acceptors (Lipinski definition) is 3. The van der Waals surface area contributed by atoms with Gasteiger partial charge in [-0.25, -0.2) is 9.97 Å². The third-order valence-corrected chi connectivity index (χ3v) is 2.96. The van der Waals surface area contributed by atoms with Crippen LogP contribution in [-0.2, 0) is 6.54 Å². The van der Waals surface area contributed by atoms with Crippen LogP contribution in [0, 0.1) is 11.3 Å². The minimum atomic E-state index is 0.303. The van der Waals surface area contributed by atoms with Crippen molar-refractivity contribution < 1.29 is 0 Å². The van der Waals surface area contributed by atoms with E-state index in [9.17, 15) is 0 Å². The van der Waals surface area contributed by atoms with Gasteiger partial charge >= 0.3 is 0 Å². The molecule has 0 saturated heterocycles. The fraction of sp³-hybridized carbons (Fsp3) is 0.364. The zero-order chi connectivity index (χ0) is 11.1. The summed E-state index contributed by atoms with van der Waals surface area (Å²) in [7, 11) is 0. The lowest BCUT2D eigenvalue weighted by Crippen LogP contribution is -2.01. The van der Waals surface area contributed by atoms with Gasteiger partial charge in [-0.1, -0.05) is 11.6 Å². The maximum absolute atomic E-state index is 8.83. The zero-order valence-corrected chi connectivity index (χ0v) is 9.28. The number of hydrogen-bond donors (Lipinski definition) is 0. The van der Waals surface area contributed by atoms with Crippen LogP contribution >= 0.6 is 11.6 Å². The number of imidazole rings is 1. The molecular weight excluding hydrogens is 224 g/mol. The highest BCUT2D eigenvalue weighted by molar-refractivity contribution is 6.31. The Morgan fingerprint density at radius 1 is 1.56 bits per heavy atom. The standard InChI is InChI=1S/C11H9ClN4/c12-8-5-9-11(14-6-8)16(4-3-13)10(15-9)7-1-2-7/h5-7H,1-2,4H2. The van der Waals surface area contributed by atoms with Crippen LogP contribution < -0.4 is 0 Å². The molecule has 0 N–H and O–H groups in total. The molecule has 0 amide bonds. The Kier molecular flexibility index (Phi) is 2.08. The molecular formula is C11H9ClN4. The first-order chi connectivity index (χ1) is 7.79. The van der Waals surface area contributed by atoms with E-state index in [4.69, 9.17) is 16.9 Å². The molecule has 16 heavy (non-hydrogen) atoms. The zero-order valence-electron chi connectivity index (χ0n) is 8.52. The first kappa shape index (κ1) is 9.61. The molecule has 0 spiro atoms. The molecule has 80 valence electrons. The quantitative estimate of drug-likeness (QED) is 0.799. The highest BCUT2D eigenvalue weighted by atomic mass is 35.5. The van der Waals surface area contributed by atoms with E-state index in [1.165, 1.54) is 0 Å². The molecule has 1 saturated carbocycles. The van der Waals surface area contributed by atoms with E-state index in [-0.39, 0.29) is 0 Å². The van der Waals surface area contributed by atoms with Gasteiger partial charge in [0.25, 0.3) is 0 Å². The number of rotatable bonds is 2. The van der Waals surface area contributed by atoms with Crippen LogP contribution in [0.15, 0.2) is 12.3 Å². The lowest BCUT2D eigenvalue weighted by atomic mass is 10.4. The van der Waals surface area contributed by atoms with Gasteiger partial charge in [-0.2, -0.15) is 5.26 Å². The Morgan fingerprint density at radius 3 is 3.06 bits per heavy atom. The van der Waals surface area contributed by atoms with Gasteiger partial charge in [0.15, 0.2) is 5.65 Å². The van der Waals surface area contributed by atoms with Gasteiger partial charge in [-0.3, -0.25) is 4.57 Å². The average Bonchev–Trinajstić information content (AvgIpc) is 3.04. The molecule has 0 atom stereocenters. The number of aromatic nitrogens is 3. The molecule has 5 heteroatoms. The number of pyridine rings is 1. The van der Waals surface area contributed by atoms with E-state index >= 15 is 0 Å². The van der Waals surface area contributed by atoms with Crippen molar-refractivity contribution in [3.8, 4) is 6.07 Å². The van der Waals surface area contributed by atoms with Crippen molar-refractivity contribution in [1.29, 1.82) is 5.26 Å². The normalized spacial score (nSPS) is 15.2. The van der Waals surface area contributed by atoms with Gasteiger partial charge in [0.1, 0.15) is 17.9 Å². The minimum absolute atomic E-state index is 0.303. The first-order valence-corrected chi connectivity index (χ1v) is 5.56. The van der Waals surface area contributed by atoms with Gasteiger partial charge in [0.05, 0.1) is 11.1 Å². The lowest BCUT2D eigenvalue weighted by Gasteiger charge is -2.01. The van der Waals surface area contributed by atoms with Crippen LogP contribution in [0.1, 0.15) is 24.6 Å². The summed E-state index contributed by atoms with van der Waals surface area (Å²) >= 11 is 5.88. The van der Waals surface area contributed by atoms with Crippen molar-refractivity contribution in [2.24, 2.45) is 0 Å². The maximum atomic E-state index is 8.83. The van der Waals surface area contributed by atoms with Crippen LogP contribution in [-0.4, -0.2) is 14.5 Å². The molecule has 0 radical (unpaired) electrons. The van der Waals surface area contributed by atoms with Crippen molar-refractivity contribution >= 4 is 22.8 Å². The van der Waals surface area contributed by atoms with E-state index in [1.807, 2.05) is 4.57 Å². The van der Waals surface area contributed by atoms with Crippen LogP contribution in [0.4, 0.5) is 0 Å². The van der Waals surface area contributed by atoms with Crippen molar-refractivity contribution in [2.75, 3.05) is 0 Å². The molecule has 0 bridgehead atoms. The Bertz CT molecular complexity index is 592. The molecule has 0 aromatic carbocycles. The van der Waals surface area contributed by atoms with Crippen molar-refractivity contribution in [3.63, 3.8) is 0 Å². The second-order valence-corrected chi connectivity index (χ2v) is 4.42. The molecule has 1 aliphatic carbocycles. The minimum Gasteiger partial charge on any atom is -0.298 e. The summed E-state index contributed by atoms with van der Waals surface area (Å²) in [4.78, 5) is 8.77. The Hall–Kier alpha value is -1.60. The molecule has 0 aliphatic heterocycles. The van der Waals surface area contributed by atoms with Crippen molar-refractivity contribution in [1.82, 2.24) is 14.5 Å². The third kappa shape index (κ3) is 1.44. The molecule has 3 rings (SSSR count). The fourth-order valence-electron chi connectivity index (χ4n) is 1.88. The molecule has 2 aromatic heterocycles. The van der Waals surface area contributed by atoms with Crippen LogP contribution in [0.2, 0.25) is 5.02 Å². The highest BCUT2D eigenvalue weighted by Crippen LogP contribution is 2.40. The Morgan fingerprint density at radius 2 is 2.38 bits per heavy atom. The predicted octanol–water partition coefficient (Wildman–Crippen LogP) is 2.49. The summed E-state index contributed by atoms with van der Waals surface area (Å²) in [5.74, 6) is 1.48. The summed E-state index contributed by atoms with van der Waals surface area (Å²) in [6.45, 7) is 0.303. The smallest absolute Gasteiger partial charge is 0.161 e. The van der Waals surface area contributed by atoms with Crippen LogP contribution in [0.5, 0.6) is 0 Å². The van der Waals surface area contributed by atoms with Gasteiger partial charge in [-0.05, 0) is 18.9 Å². The van der Waals surface area contributed by atoms with E-state index in [1.54, 1.807) is 12.3 Å². The summed E-state index contributed by atoms with van der Waals surface area (Å²) < 4.78 is 1.89.